The van der Waals surface area contributed by atoms with Gasteiger partial charge in [-0.05, 0) is 35.6 Å². The number of likely N-dealkylation sites (N-methyl/N-ethyl adjacent to an activating group) is 1. The smallest absolute Gasteiger partial charge is 0.407 e. The zero-order valence-corrected chi connectivity index (χ0v) is 20.1. The largest absolute Gasteiger partial charge is 0.481 e. The number of nitrogens with one attached hydrogen (secondary N) is 1. The number of alkyl carbamates (subject to hydrolysis) is 1. The standard InChI is InChI=1S/C27H32N2O6/c1-3-29(15-17(2)26(31)32)25(30)24-18(12-13-34-24)14-28-27(33)35-16-23-21-10-6-4-8-19(21)20-9-5-7-11-22(20)23/h4-11,17-18,23-24H,3,12-16H2,1-2H3,(H,28,33)(H,31,32). The second kappa shape index (κ2) is 10.9. The summed E-state index contributed by atoms with van der Waals surface area (Å²) in [5.41, 5.74) is 4.62. The molecule has 8 nitrogen and oxygen atoms in total. The summed E-state index contributed by atoms with van der Waals surface area (Å²) in [5.74, 6) is -2.07. The summed E-state index contributed by atoms with van der Waals surface area (Å²) >= 11 is 0. The first kappa shape index (κ1) is 24.7. The molecular weight excluding hydrogens is 448 g/mol. The maximum absolute atomic E-state index is 13.0. The summed E-state index contributed by atoms with van der Waals surface area (Å²) in [5, 5.41) is 12.0. The minimum absolute atomic E-state index is 0.0216. The number of hydrogen-bond donors (Lipinski definition) is 2. The molecule has 3 atom stereocenters. The number of nitrogens with zero attached hydrogens (tertiary/aromatic N) is 1. The molecule has 0 bridgehead atoms. The van der Waals surface area contributed by atoms with Gasteiger partial charge in [-0.25, -0.2) is 4.79 Å². The predicted octanol–water partition coefficient (Wildman–Crippen LogP) is 3.50. The van der Waals surface area contributed by atoms with Crippen LogP contribution in [0.3, 0.4) is 0 Å². The van der Waals surface area contributed by atoms with E-state index in [0.717, 1.165) is 11.1 Å². The van der Waals surface area contributed by atoms with Gasteiger partial charge in [-0.2, -0.15) is 0 Å². The van der Waals surface area contributed by atoms with Crippen molar-refractivity contribution in [1.82, 2.24) is 10.2 Å². The van der Waals surface area contributed by atoms with Gasteiger partial charge >= 0.3 is 12.1 Å². The van der Waals surface area contributed by atoms with Crippen molar-refractivity contribution in [3.63, 3.8) is 0 Å². The fourth-order valence-corrected chi connectivity index (χ4v) is 4.94. The highest BCUT2D eigenvalue weighted by Crippen LogP contribution is 2.44. The molecule has 186 valence electrons. The van der Waals surface area contributed by atoms with Crippen molar-refractivity contribution in [3.8, 4) is 11.1 Å². The Morgan fingerprint density at radius 2 is 1.74 bits per heavy atom. The molecule has 2 amide bonds. The van der Waals surface area contributed by atoms with Crippen molar-refractivity contribution in [2.24, 2.45) is 11.8 Å². The fourth-order valence-electron chi connectivity index (χ4n) is 4.94. The molecule has 1 heterocycles. The van der Waals surface area contributed by atoms with Crippen molar-refractivity contribution in [1.29, 1.82) is 0 Å². The van der Waals surface area contributed by atoms with E-state index in [-0.39, 0.29) is 37.4 Å². The van der Waals surface area contributed by atoms with E-state index < -0.39 is 24.1 Å². The molecule has 2 aromatic carbocycles. The third-order valence-electron chi connectivity index (χ3n) is 6.92. The van der Waals surface area contributed by atoms with Crippen LogP contribution >= 0.6 is 0 Å². The molecule has 2 aliphatic rings. The first-order chi connectivity index (χ1) is 16.9. The molecule has 2 N–H and O–H groups in total. The van der Waals surface area contributed by atoms with Crippen molar-refractivity contribution in [3.05, 3.63) is 59.7 Å². The molecule has 1 saturated heterocycles. The van der Waals surface area contributed by atoms with E-state index in [9.17, 15) is 19.5 Å². The van der Waals surface area contributed by atoms with Gasteiger partial charge in [-0.3, -0.25) is 9.59 Å². The van der Waals surface area contributed by atoms with Crippen LogP contribution in [-0.2, 0) is 19.1 Å². The van der Waals surface area contributed by atoms with Crippen LogP contribution in [0.1, 0.15) is 37.3 Å². The second-order valence-electron chi connectivity index (χ2n) is 9.16. The highest BCUT2D eigenvalue weighted by molar-refractivity contribution is 5.82. The lowest BCUT2D eigenvalue weighted by atomic mass is 9.98. The topological polar surface area (TPSA) is 105 Å². The SMILES string of the molecule is CCN(CC(C)C(=O)O)C(=O)C1OCCC1CNC(=O)OCC1c2ccccc2-c2ccccc21. The normalized spacial score (nSPS) is 19.5. The van der Waals surface area contributed by atoms with E-state index in [0.29, 0.717) is 19.6 Å². The van der Waals surface area contributed by atoms with Crippen LogP contribution in [0.2, 0.25) is 0 Å². The van der Waals surface area contributed by atoms with Crippen molar-refractivity contribution in [2.45, 2.75) is 32.3 Å². The zero-order chi connectivity index (χ0) is 24.9. The fraction of sp³-hybridized carbons (Fsp3) is 0.444. The molecule has 0 aromatic heterocycles. The van der Waals surface area contributed by atoms with E-state index in [1.807, 2.05) is 31.2 Å². The van der Waals surface area contributed by atoms with Crippen LogP contribution in [0.25, 0.3) is 11.1 Å². The molecule has 4 rings (SSSR count). The number of amides is 2. The van der Waals surface area contributed by atoms with Gasteiger partial charge in [0, 0.05) is 38.1 Å². The number of rotatable bonds is 9. The minimum Gasteiger partial charge on any atom is -0.481 e. The number of carbonyl (C=O) groups excluding carboxylic acids is 2. The molecule has 35 heavy (non-hydrogen) atoms. The van der Waals surface area contributed by atoms with Crippen LogP contribution in [0.5, 0.6) is 0 Å². The molecule has 3 unspecified atom stereocenters. The van der Waals surface area contributed by atoms with Gasteiger partial charge in [0.05, 0.1) is 5.92 Å². The Hall–Kier alpha value is -3.39. The lowest BCUT2D eigenvalue weighted by molar-refractivity contribution is -0.146. The summed E-state index contributed by atoms with van der Waals surface area (Å²) in [7, 11) is 0. The molecular formula is C27H32N2O6. The molecule has 2 aromatic rings. The Morgan fingerprint density at radius 3 is 2.34 bits per heavy atom. The van der Waals surface area contributed by atoms with Gasteiger partial charge in [-0.15, -0.1) is 0 Å². The number of hydrogen-bond acceptors (Lipinski definition) is 5. The summed E-state index contributed by atoms with van der Waals surface area (Å²) in [6, 6.07) is 16.3. The van der Waals surface area contributed by atoms with Crippen molar-refractivity contribution >= 4 is 18.0 Å². The minimum atomic E-state index is -0.947. The number of carbonyl (C=O) groups is 3. The van der Waals surface area contributed by atoms with Gasteiger partial charge in [0.25, 0.3) is 5.91 Å². The van der Waals surface area contributed by atoms with E-state index >= 15 is 0 Å². The zero-order valence-electron chi connectivity index (χ0n) is 20.1. The predicted molar refractivity (Wildman–Crippen MR) is 130 cm³/mol. The van der Waals surface area contributed by atoms with E-state index in [1.165, 1.54) is 16.0 Å². The molecule has 0 spiro atoms. The first-order valence-electron chi connectivity index (χ1n) is 12.1. The molecule has 0 saturated carbocycles. The average Bonchev–Trinajstić information content (AvgIpc) is 3.46. The first-order valence-corrected chi connectivity index (χ1v) is 12.1. The summed E-state index contributed by atoms with van der Waals surface area (Å²) in [6.07, 6.45) is -0.604. The van der Waals surface area contributed by atoms with Crippen LogP contribution in [0.15, 0.2) is 48.5 Å². The van der Waals surface area contributed by atoms with E-state index in [4.69, 9.17) is 9.47 Å². The summed E-state index contributed by atoms with van der Waals surface area (Å²) in [6.45, 7) is 4.79. The van der Waals surface area contributed by atoms with Crippen LogP contribution in [-0.4, -0.2) is 66.9 Å². The van der Waals surface area contributed by atoms with Gasteiger partial charge < -0.3 is 24.8 Å². The number of benzene rings is 2. The highest BCUT2D eigenvalue weighted by atomic mass is 16.5. The van der Waals surface area contributed by atoms with Crippen LogP contribution < -0.4 is 5.32 Å². The van der Waals surface area contributed by atoms with Crippen molar-refractivity contribution < 1.29 is 29.0 Å². The maximum Gasteiger partial charge on any atom is 0.407 e. The Bertz CT molecular complexity index is 1040. The molecule has 1 fully saturated rings. The number of aliphatic carboxylic acids is 1. The third-order valence-corrected chi connectivity index (χ3v) is 6.92. The van der Waals surface area contributed by atoms with Gasteiger partial charge in [0.2, 0.25) is 0 Å². The van der Waals surface area contributed by atoms with E-state index in [1.54, 1.807) is 6.92 Å². The number of carboxylic acid groups (broad SMARTS) is 1. The Labute approximate surface area is 205 Å². The number of carboxylic acids is 1. The van der Waals surface area contributed by atoms with E-state index in [2.05, 4.69) is 29.6 Å². The molecule has 0 radical (unpaired) electrons. The second-order valence-corrected chi connectivity index (χ2v) is 9.16. The Balaban J connectivity index is 1.32. The maximum atomic E-state index is 13.0. The van der Waals surface area contributed by atoms with Gasteiger partial charge in [-0.1, -0.05) is 55.5 Å². The monoisotopic (exact) mass is 480 g/mol. The number of ether oxygens (including phenoxy) is 2. The highest BCUT2D eigenvalue weighted by Gasteiger charge is 2.37. The van der Waals surface area contributed by atoms with Crippen molar-refractivity contribution in [2.75, 3.05) is 32.8 Å². The quantitative estimate of drug-likeness (QED) is 0.569. The van der Waals surface area contributed by atoms with Gasteiger partial charge in [0.1, 0.15) is 12.7 Å². The van der Waals surface area contributed by atoms with Gasteiger partial charge in [0.15, 0.2) is 0 Å². The van der Waals surface area contributed by atoms with Crippen LogP contribution in [0, 0.1) is 11.8 Å². The lowest BCUT2D eigenvalue weighted by Gasteiger charge is -2.28. The van der Waals surface area contributed by atoms with Crippen LogP contribution in [0.4, 0.5) is 4.79 Å². The summed E-state index contributed by atoms with van der Waals surface area (Å²) < 4.78 is 11.3. The summed E-state index contributed by atoms with van der Waals surface area (Å²) in [4.78, 5) is 38.2. The number of fused-ring (bicyclic) bond motifs is 3. The molecule has 1 aliphatic heterocycles. The molecule has 8 heteroatoms. The third kappa shape index (κ3) is 5.32. The Kier molecular flexibility index (Phi) is 7.70. The lowest BCUT2D eigenvalue weighted by Crippen LogP contribution is -2.46. The Morgan fingerprint density at radius 1 is 1.11 bits per heavy atom. The average molecular weight is 481 g/mol. The molecule has 1 aliphatic carbocycles.